The van der Waals surface area contributed by atoms with Crippen LogP contribution in [0.25, 0.3) is 6.08 Å². The van der Waals surface area contributed by atoms with Crippen LogP contribution in [0.1, 0.15) is 23.6 Å². The first-order chi connectivity index (χ1) is 11.8. The Morgan fingerprint density at radius 2 is 1.80 bits per heavy atom. The molecule has 0 fully saturated rings. The quantitative estimate of drug-likeness (QED) is 0.473. The minimum absolute atomic E-state index is 0.285. The number of rotatable bonds is 5. The van der Waals surface area contributed by atoms with Gasteiger partial charge in [0.15, 0.2) is 0 Å². The molecule has 25 heavy (non-hydrogen) atoms. The number of benzene rings is 1. The molecule has 2 rings (SSSR count). The second-order valence-electron chi connectivity index (χ2n) is 5.61. The molecule has 0 aromatic heterocycles. The number of carbonyl (C=O) groups is 1. The molecule has 0 radical (unpaired) electrons. The Kier molecular flexibility index (Phi) is 8.00. The summed E-state index contributed by atoms with van der Waals surface area (Å²) >= 11 is 0. The molecule has 0 atom stereocenters. The number of allylic oxidation sites excluding steroid dienone is 4. The lowest BCUT2D eigenvalue weighted by molar-refractivity contribution is -0.138. The largest absolute Gasteiger partial charge is 0.462 e. The summed E-state index contributed by atoms with van der Waals surface area (Å²) < 4.78 is 5.05. The van der Waals surface area contributed by atoms with Gasteiger partial charge in [0.05, 0.1) is 18.0 Å². The molecule has 0 unspecified atom stereocenters. The summed E-state index contributed by atoms with van der Waals surface area (Å²) in [7, 11) is 0. The predicted octanol–water partition coefficient (Wildman–Crippen LogP) is 4.45. The van der Waals surface area contributed by atoms with Crippen LogP contribution in [0.4, 0.5) is 0 Å². The van der Waals surface area contributed by atoms with Crippen molar-refractivity contribution in [2.75, 3.05) is 6.61 Å². The fourth-order valence-corrected chi connectivity index (χ4v) is 1.93. The molecule has 4 nitrogen and oxygen atoms in total. The van der Waals surface area contributed by atoms with Crippen molar-refractivity contribution in [3.8, 4) is 0 Å². The first-order valence-electron chi connectivity index (χ1n) is 7.92. The van der Waals surface area contributed by atoms with Crippen LogP contribution in [-0.4, -0.2) is 24.0 Å². The van der Waals surface area contributed by atoms with Gasteiger partial charge < -0.3 is 4.74 Å². The van der Waals surface area contributed by atoms with Gasteiger partial charge in [-0.15, -0.1) is 0 Å². The molecule has 0 bridgehead atoms. The minimum atomic E-state index is -0.332. The highest BCUT2D eigenvalue weighted by Gasteiger charge is 2.03. The third-order valence-corrected chi connectivity index (χ3v) is 3.46. The van der Waals surface area contributed by atoms with Gasteiger partial charge in [-0.05, 0) is 42.7 Å². The molecule has 0 saturated carbocycles. The fourth-order valence-electron chi connectivity index (χ4n) is 1.93. The highest BCUT2D eigenvalue weighted by Crippen LogP contribution is 2.13. The summed E-state index contributed by atoms with van der Waals surface area (Å²) in [5.41, 5.74) is 4.46. The Morgan fingerprint density at radius 3 is 2.28 bits per heavy atom. The van der Waals surface area contributed by atoms with E-state index in [1.54, 1.807) is 31.2 Å². The van der Waals surface area contributed by atoms with Crippen molar-refractivity contribution in [2.45, 2.75) is 20.3 Å². The molecule has 1 aliphatic rings. The van der Waals surface area contributed by atoms with Crippen molar-refractivity contribution >= 4 is 23.5 Å². The second kappa shape index (κ2) is 9.98. The lowest BCUT2D eigenvalue weighted by Crippen LogP contribution is -2.08. The minimum Gasteiger partial charge on any atom is -0.462 e. The Bertz CT molecular complexity index is 733. The van der Waals surface area contributed by atoms with Crippen molar-refractivity contribution in [1.82, 2.24) is 0 Å². The zero-order valence-electron chi connectivity index (χ0n) is 14.8. The van der Waals surface area contributed by atoms with Crippen molar-refractivity contribution in [1.29, 1.82) is 10.8 Å². The van der Waals surface area contributed by atoms with Crippen LogP contribution >= 0.6 is 0 Å². The first kappa shape index (κ1) is 20.0. The Morgan fingerprint density at radius 1 is 1.20 bits per heavy atom. The summed E-state index contributed by atoms with van der Waals surface area (Å²) in [5.74, 6) is -0.332. The normalized spacial score (nSPS) is 12.2. The lowest BCUT2D eigenvalue weighted by Gasteiger charge is -2.07. The van der Waals surface area contributed by atoms with Gasteiger partial charge >= 0.3 is 5.97 Å². The zero-order valence-corrected chi connectivity index (χ0v) is 14.8. The molecule has 0 saturated heterocycles. The molecule has 1 aromatic rings. The van der Waals surface area contributed by atoms with Crippen molar-refractivity contribution in [3.63, 3.8) is 0 Å². The molecule has 0 amide bonds. The number of hydrogen-bond acceptors (Lipinski definition) is 4. The van der Waals surface area contributed by atoms with E-state index in [1.807, 2.05) is 25.1 Å². The summed E-state index contributed by atoms with van der Waals surface area (Å²) in [5, 5.41) is 14.1. The molecular weight excluding hydrogens is 312 g/mol. The third kappa shape index (κ3) is 6.96. The van der Waals surface area contributed by atoms with E-state index < -0.39 is 0 Å². The topological polar surface area (TPSA) is 74.0 Å². The van der Waals surface area contributed by atoms with E-state index in [4.69, 9.17) is 15.6 Å². The molecule has 2 N–H and O–H groups in total. The van der Waals surface area contributed by atoms with E-state index >= 15 is 0 Å². The van der Waals surface area contributed by atoms with E-state index in [0.717, 1.165) is 11.1 Å². The van der Waals surface area contributed by atoms with Gasteiger partial charge in [0.25, 0.3) is 0 Å². The zero-order chi connectivity index (χ0) is 18.8. The molecule has 130 valence electrons. The molecule has 4 heteroatoms. The molecule has 0 heterocycles. The average molecular weight is 336 g/mol. The Labute approximate surface area is 149 Å². The van der Waals surface area contributed by atoms with Crippen molar-refractivity contribution in [2.24, 2.45) is 0 Å². The summed E-state index contributed by atoms with van der Waals surface area (Å²) in [6.45, 7) is 11.4. The van der Waals surface area contributed by atoms with Crippen LogP contribution in [0.3, 0.4) is 0 Å². The highest BCUT2D eigenvalue weighted by molar-refractivity contribution is 6.48. The predicted molar refractivity (Wildman–Crippen MR) is 104 cm³/mol. The molecule has 0 aliphatic heterocycles. The van der Waals surface area contributed by atoms with E-state index in [9.17, 15) is 4.79 Å². The summed E-state index contributed by atoms with van der Waals surface area (Å²) in [6.07, 6.45) is 9.24. The maximum Gasteiger partial charge on any atom is 0.333 e. The number of aryl methyl sites for hydroxylation is 1. The van der Waals surface area contributed by atoms with Gasteiger partial charge in [0, 0.05) is 12.0 Å². The second-order valence-corrected chi connectivity index (χ2v) is 5.61. The van der Waals surface area contributed by atoms with Gasteiger partial charge in [0.1, 0.15) is 0 Å². The Hall–Kier alpha value is -3.01. The fraction of sp³-hybridized carbons (Fsp3) is 0.190. The van der Waals surface area contributed by atoms with Crippen LogP contribution in [-0.2, 0) is 16.0 Å². The summed E-state index contributed by atoms with van der Waals surface area (Å²) in [4.78, 5) is 11.2. The number of carbonyl (C=O) groups excluding carboxylic acids is 1. The average Bonchev–Trinajstić information content (AvgIpc) is 2.59. The van der Waals surface area contributed by atoms with Crippen molar-refractivity contribution in [3.05, 3.63) is 77.9 Å². The van der Waals surface area contributed by atoms with E-state index in [-0.39, 0.29) is 17.4 Å². The number of hydrogen-bond donors (Lipinski definition) is 2. The van der Waals surface area contributed by atoms with Gasteiger partial charge in [0.2, 0.25) is 0 Å². The molecule has 0 spiro atoms. The van der Waals surface area contributed by atoms with Crippen LogP contribution in [0, 0.1) is 17.7 Å². The standard InChI is InChI=1S/C15H18O2.C6H6N2/c1-5-14-10-13(7-6-12(14)4)8-9-17-15(16)11(2)3;7-5-3-1-2-4-6(5)8/h5-7,10H,1-2,8-9H2,3-4H3;1-4,7-8H. The first-order valence-corrected chi connectivity index (χ1v) is 7.92. The van der Waals surface area contributed by atoms with Crippen LogP contribution in [0.5, 0.6) is 0 Å². The van der Waals surface area contributed by atoms with Gasteiger partial charge in [-0.2, -0.15) is 0 Å². The van der Waals surface area contributed by atoms with Crippen LogP contribution in [0.15, 0.2) is 61.2 Å². The van der Waals surface area contributed by atoms with E-state index in [0.29, 0.717) is 18.6 Å². The monoisotopic (exact) mass is 336 g/mol. The third-order valence-electron chi connectivity index (χ3n) is 3.46. The molecule has 1 aliphatic carbocycles. The van der Waals surface area contributed by atoms with Crippen LogP contribution in [0.2, 0.25) is 0 Å². The Balaban J connectivity index is 0.000000324. The van der Waals surface area contributed by atoms with Crippen molar-refractivity contribution < 1.29 is 9.53 Å². The number of nitrogens with one attached hydrogen (secondary N) is 2. The molecule has 1 aromatic carbocycles. The van der Waals surface area contributed by atoms with Gasteiger partial charge in [-0.25, -0.2) is 4.79 Å². The maximum absolute atomic E-state index is 11.2. The lowest BCUT2D eigenvalue weighted by atomic mass is 10.0. The van der Waals surface area contributed by atoms with Crippen LogP contribution < -0.4 is 0 Å². The highest BCUT2D eigenvalue weighted by atomic mass is 16.5. The number of ether oxygens (including phenoxy) is 1. The van der Waals surface area contributed by atoms with Gasteiger partial charge in [-0.1, -0.05) is 49.6 Å². The number of esters is 1. The van der Waals surface area contributed by atoms with E-state index in [1.165, 1.54) is 5.56 Å². The smallest absolute Gasteiger partial charge is 0.333 e. The molecular formula is C21H24N2O2. The summed E-state index contributed by atoms with van der Waals surface area (Å²) in [6, 6.07) is 6.15. The van der Waals surface area contributed by atoms with E-state index in [2.05, 4.69) is 19.2 Å². The SMILES string of the molecule is C=Cc1cc(CCOC(=O)C(=C)C)ccc1C.N=C1C=CC=CC1=N. The maximum atomic E-state index is 11.2. The van der Waals surface area contributed by atoms with Gasteiger partial charge in [-0.3, -0.25) is 10.8 Å².